The topological polar surface area (TPSA) is 38.3 Å². The Morgan fingerprint density at radius 3 is 2.68 bits per heavy atom. The number of nitrogens with one attached hydrogen (secondary N) is 1. The quantitative estimate of drug-likeness (QED) is 0.645. The summed E-state index contributed by atoms with van der Waals surface area (Å²) in [6.07, 6.45) is 0.771. The Morgan fingerprint density at radius 2 is 1.82 bits per heavy atom. The summed E-state index contributed by atoms with van der Waals surface area (Å²) in [5.74, 6) is 0.996. The molecular weight excluding hydrogens is 373 g/mol. The maximum Gasteiger partial charge on any atom is 0.258 e. The summed E-state index contributed by atoms with van der Waals surface area (Å²) >= 11 is 1.50. The van der Waals surface area contributed by atoms with Crippen LogP contribution in [0.15, 0.2) is 77.7 Å². The summed E-state index contributed by atoms with van der Waals surface area (Å²) in [7, 11) is 0. The van der Waals surface area contributed by atoms with E-state index in [1.54, 1.807) is 6.07 Å². The van der Waals surface area contributed by atoms with Crippen molar-refractivity contribution >= 4 is 17.7 Å². The van der Waals surface area contributed by atoms with Gasteiger partial charge in [-0.1, -0.05) is 60.7 Å². The molecule has 0 unspecified atom stereocenters. The van der Waals surface area contributed by atoms with Crippen LogP contribution in [0.25, 0.3) is 11.1 Å². The Bertz CT molecular complexity index is 977. The van der Waals surface area contributed by atoms with Crippen molar-refractivity contribution in [2.75, 3.05) is 12.4 Å². The number of para-hydroxylation sites is 1. The maximum atomic E-state index is 14.0. The van der Waals surface area contributed by atoms with Gasteiger partial charge in [0.25, 0.3) is 5.91 Å². The Kier molecular flexibility index (Phi) is 5.63. The molecule has 1 N–H and O–H groups in total. The van der Waals surface area contributed by atoms with Gasteiger partial charge < -0.3 is 10.1 Å². The fraction of sp³-hybridized carbons (Fsp3) is 0.174. The first-order chi connectivity index (χ1) is 13.7. The first-order valence-electron chi connectivity index (χ1n) is 9.20. The highest BCUT2D eigenvalue weighted by molar-refractivity contribution is 7.99. The van der Waals surface area contributed by atoms with Gasteiger partial charge in [0.1, 0.15) is 11.6 Å². The smallest absolute Gasteiger partial charge is 0.258 e. The summed E-state index contributed by atoms with van der Waals surface area (Å²) in [5, 5.41) is 2.99. The fourth-order valence-electron chi connectivity index (χ4n) is 3.36. The average molecular weight is 393 g/mol. The lowest BCUT2D eigenvalue weighted by atomic mass is 10.0. The van der Waals surface area contributed by atoms with Gasteiger partial charge in [0.15, 0.2) is 6.61 Å². The molecule has 0 radical (unpaired) electrons. The van der Waals surface area contributed by atoms with E-state index >= 15 is 0 Å². The second-order valence-corrected chi connectivity index (χ2v) is 7.67. The second kappa shape index (κ2) is 8.48. The lowest BCUT2D eigenvalue weighted by molar-refractivity contribution is -0.123. The van der Waals surface area contributed by atoms with Gasteiger partial charge in [0.05, 0.1) is 6.04 Å². The minimum Gasteiger partial charge on any atom is -0.483 e. The first-order valence-corrected chi connectivity index (χ1v) is 10.2. The lowest BCUT2D eigenvalue weighted by Crippen LogP contribution is -2.34. The van der Waals surface area contributed by atoms with Crippen molar-refractivity contribution in [3.8, 4) is 16.9 Å². The predicted molar refractivity (Wildman–Crippen MR) is 110 cm³/mol. The van der Waals surface area contributed by atoms with Gasteiger partial charge in [-0.25, -0.2) is 4.39 Å². The summed E-state index contributed by atoms with van der Waals surface area (Å²) in [5.41, 5.74) is 2.82. The van der Waals surface area contributed by atoms with E-state index in [9.17, 15) is 9.18 Å². The third-order valence-corrected chi connectivity index (χ3v) is 5.85. The highest BCUT2D eigenvalue weighted by Gasteiger charge is 2.24. The number of hydrogen-bond donors (Lipinski definition) is 1. The molecule has 0 fully saturated rings. The summed E-state index contributed by atoms with van der Waals surface area (Å²) in [6, 6.07) is 22.4. The molecule has 0 bridgehead atoms. The van der Waals surface area contributed by atoms with Crippen molar-refractivity contribution in [3.63, 3.8) is 0 Å². The van der Waals surface area contributed by atoms with E-state index in [1.807, 2.05) is 60.7 Å². The van der Waals surface area contributed by atoms with Crippen molar-refractivity contribution < 1.29 is 13.9 Å². The molecule has 0 spiro atoms. The van der Waals surface area contributed by atoms with Crippen molar-refractivity contribution in [1.29, 1.82) is 0 Å². The zero-order valence-electron chi connectivity index (χ0n) is 15.2. The minimum absolute atomic E-state index is 0.0852. The predicted octanol–water partition coefficient (Wildman–Crippen LogP) is 5.22. The first kappa shape index (κ1) is 18.6. The number of carbonyl (C=O) groups excluding carboxylic acids is 1. The third-order valence-electron chi connectivity index (χ3n) is 4.69. The molecule has 28 heavy (non-hydrogen) atoms. The molecular formula is C23H20FNO2S. The zero-order valence-corrected chi connectivity index (χ0v) is 16.0. The van der Waals surface area contributed by atoms with Gasteiger partial charge in [-0.15, -0.1) is 11.8 Å². The molecule has 1 amide bonds. The van der Waals surface area contributed by atoms with Gasteiger partial charge in [-0.05, 0) is 29.7 Å². The molecule has 1 heterocycles. The molecule has 3 aromatic carbocycles. The van der Waals surface area contributed by atoms with Crippen LogP contribution in [-0.2, 0) is 4.79 Å². The van der Waals surface area contributed by atoms with Crippen molar-refractivity contribution in [2.24, 2.45) is 0 Å². The number of benzene rings is 3. The molecule has 0 aromatic heterocycles. The van der Waals surface area contributed by atoms with Crippen LogP contribution >= 0.6 is 11.8 Å². The van der Waals surface area contributed by atoms with Crippen molar-refractivity contribution in [3.05, 3.63) is 84.2 Å². The van der Waals surface area contributed by atoms with Crippen molar-refractivity contribution in [2.45, 2.75) is 17.4 Å². The molecule has 3 nitrogen and oxygen atoms in total. The van der Waals surface area contributed by atoms with Crippen LogP contribution in [0.4, 0.5) is 4.39 Å². The number of rotatable bonds is 5. The van der Waals surface area contributed by atoms with E-state index in [2.05, 4.69) is 5.32 Å². The van der Waals surface area contributed by atoms with Gasteiger partial charge >= 0.3 is 0 Å². The number of thioether (sulfide) groups is 1. The molecule has 4 rings (SSSR count). The molecule has 3 aromatic rings. The summed E-state index contributed by atoms with van der Waals surface area (Å²) < 4.78 is 19.8. The summed E-state index contributed by atoms with van der Waals surface area (Å²) in [4.78, 5) is 13.1. The molecule has 5 heteroatoms. The van der Waals surface area contributed by atoms with E-state index in [4.69, 9.17) is 4.74 Å². The highest BCUT2D eigenvalue weighted by Crippen LogP contribution is 2.37. The normalized spacial score (nSPS) is 15.5. The van der Waals surface area contributed by atoms with E-state index in [1.165, 1.54) is 17.8 Å². The maximum absolute atomic E-state index is 14.0. The van der Waals surface area contributed by atoms with Gasteiger partial charge in [0.2, 0.25) is 0 Å². The van der Waals surface area contributed by atoms with E-state index in [-0.39, 0.29) is 24.4 Å². The van der Waals surface area contributed by atoms with Crippen molar-refractivity contribution in [1.82, 2.24) is 5.32 Å². The lowest BCUT2D eigenvalue weighted by Gasteiger charge is -2.26. The Labute approximate surface area is 167 Å². The largest absolute Gasteiger partial charge is 0.483 e. The number of hydrogen-bond acceptors (Lipinski definition) is 3. The molecule has 0 saturated carbocycles. The third kappa shape index (κ3) is 4.04. The Morgan fingerprint density at radius 1 is 1.04 bits per heavy atom. The van der Waals surface area contributed by atoms with Crippen LogP contribution in [0.2, 0.25) is 0 Å². The van der Waals surface area contributed by atoms with E-state index in [0.717, 1.165) is 28.9 Å². The van der Waals surface area contributed by atoms with Gasteiger partial charge in [-0.3, -0.25) is 4.79 Å². The molecule has 0 aliphatic carbocycles. The van der Waals surface area contributed by atoms with Crippen LogP contribution < -0.4 is 10.1 Å². The second-order valence-electron chi connectivity index (χ2n) is 6.57. The van der Waals surface area contributed by atoms with Gasteiger partial charge in [-0.2, -0.15) is 0 Å². The number of fused-ring (bicyclic) bond motifs is 1. The number of carbonyl (C=O) groups is 1. The van der Waals surface area contributed by atoms with Crippen LogP contribution in [0.1, 0.15) is 18.0 Å². The number of halogens is 1. The molecule has 1 aliphatic rings. The van der Waals surface area contributed by atoms with E-state index in [0.29, 0.717) is 10.6 Å². The fourth-order valence-corrected chi connectivity index (χ4v) is 4.51. The van der Waals surface area contributed by atoms with Crippen LogP contribution in [0.5, 0.6) is 5.75 Å². The molecule has 1 atom stereocenters. The SMILES string of the molecule is O=C(COc1ccccc1-c1ccccc1)N[C@@H]1CCSc2c(F)cccc21. The molecule has 142 valence electrons. The Balaban J connectivity index is 1.44. The van der Waals surface area contributed by atoms with Crippen LogP contribution in [-0.4, -0.2) is 18.3 Å². The van der Waals surface area contributed by atoms with Crippen LogP contribution in [0.3, 0.4) is 0 Å². The molecule has 1 aliphatic heterocycles. The van der Waals surface area contributed by atoms with Gasteiger partial charge in [0, 0.05) is 16.2 Å². The average Bonchev–Trinajstić information content (AvgIpc) is 2.74. The highest BCUT2D eigenvalue weighted by atomic mass is 32.2. The standard InChI is InChI=1S/C23H20FNO2S/c24-19-11-6-10-18-20(13-14-28-23(18)19)25-22(26)15-27-21-12-5-4-9-17(21)16-7-2-1-3-8-16/h1-12,20H,13-15H2,(H,25,26)/t20-/m1/s1. The summed E-state index contributed by atoms with van der Waals surface area (Å²) in [6.45, 7) is -0.0852. The monoisotopic (exact) mass is 393 g/mol. The minimum atomic E-state index is -0.227. The van der Waals surface area contributed by atoms with Crippen LogP contribution in [0, 0.1) is 5.82 Å². The zero-order chi connectivity index (χ0) is 19.3. The number of ether oxygens (including phenoxy) is 1. The number of amides is 1. The van der Waals surface area contributed by atoms with E-state index < -0.39 is 0 Å². The molecule has 0 saturated heterocycles. The Hall–Kier alpha value is -2.79.